The summed E-state index contributed by atoms with van der Waals surface area (Å²) in [5.74, 6) is -0.00686. The number of hydrogen-bond donors (Lipinski definition) is 1. The van der Waals surface area contributed by atoms with Crippen LogP contribution in [0.15, 0.2) is 16.8 Å². The smallest absolute Gasteiger partial charge is 0.225 e. The van der Waals surface area contributed by atoms with Gasteiger partial charge in [0.2, 0.25) is 11.8 Å². The summed E-state index contributed by atoms with van der Waals surface area (Å²) in [5, 5.41) is 7.34. The zero-order chi connectivity index (χ0) is 17.1. The van der Waals surface area contributed by atoms with E-state index in [-0.39, 0.29) is 23.8 Å². The maximum atomic E-state index is 12.5. The predicted octanol–water partition coefficient (Wildman–Crippen LogP) is 2.26. The molecule has 1 N–H and O–H groups in total. The van der Waals surface area contributed by atoms with Gasteiger partial charge in [0.25, 0.3) is 0 Å². The van der Waals surface area contributed by atoms with Crippen LogP contribution < -0.4 is 5.32 Å². The summed E-state index contributed by atoms with van der Waals surface area (Å²) in [4.78, 5) is 28.8. The average molecular weight is 350 g/mol. The molecule has 1 aliphatic heterocycles. The van der Waals surface area contributed by atoms with Crippen LogP contribution >= 0.6 is 11.3 Å². The van der Waals surface area contributed by atoms with Gasteiger partial charge in [0, 0.05) is 25.6 Å². The number of hydrogen-bond acceptors (Lipinski definition) is 4. The molecule has 0 spiro atoms. The molecule has 0 radical (unpaired) electrons. The van der Waals surface area contributed by atoms with E-state index in [1.54, 1.807) is 11.3 Å². The standard InChI is InChI=1S/C18H27N3O2S/c1-3-20(4-2)16(13-7-8-24-12-13)10-19-18(23)14-9-17(22)21(11-14)15-5-6-15/h7-8,12,14-16H,3-6,9-11H2,1-2H3,(H,19,23)/t14-,16-/m0/s1. The zero-order valence-corrected chi connectivity index (χ0v) is 15.3. The summed E-state index contributed by atoms with van der Waals surface area (Å²) in [6.45, 7) is 7.39. The van der Waals surface area contributed by atoms with E-state index in [1.807, 2.05) is 4.90 Å². The van der Waals surface area contributed by atoms with Gasteiger partial charge in [-0.1, -0.05) is 13.8 Å². The fraction of sp³-hybridized carbons (Fsp3) is 0.667. The van der Waals surface area contributed by atoms with Gasteiger partial charge in [0.05, 0.1) is 12.0 Å². The van der Waals surface area contributed by atoms with E-state index in [9.17, 15) is 9.59 Å². The second-order valence-corrected chi connectivity index (χ2v) is 7.50. The van der Waals surface area contributed by atoms with E-state index in [0.29, 0.717) is 25.6 Å². The second kappa shape index (κ2) is 7.66. The fourth-order valence-corrected chi connectivity index (χ4v) is 4.28. The third-order valence-electron chi connectivity index (χ3n) is 5.17. The normalized spacial score (nSPS) is 22.2. The molecule has 0 aromatic carbocycles. The Hall–Kier alpha value is -1.40. The Kier molecular flexibility index (Phi) is 5.56. The summed E-state index contributed by atoms with van der Waals surface area (Å²) in [7, 11) is 0. The van der Waals surface area contributed by atoms with Gasteiger partial charge < -0.3 is 10.2 Å². The van der Waals surface area contributed by atoms with Crippen LogP contribution in [0.2, 0.25) is 0 Å². The quantitative estimate of drug-likeness (QED) is 0.783. The molecule has 0 unspecified atom stereocenters. The van der Waals surface area contributed by atoms with Gasteiger partial charge in [0.1, 0.15) is 0 Å². The first kappa shape index (κ1) is 17.4. The van der Waals surface area contributed by atoms with Crippen molar-refractivity contribution in [1.82, 2.24) is 15.1 Å². The highest BCUT2D eigenvalue weighted by atomic mass is 32.1. The summed E-state index contributed by atoms with van der Waals surface area (Å²) in [6, 6.07) is 2.74. The zero-order valence-electron chi connectivity index (χ0n) is 14.5. The molecule has 6 heteroatoms. The van der Waals surface area contributed by atoms with Gasteiger partial charge in [-0.25, -0.2) is 0 Å². The molecule has 2 fully saturated rings. The fourth-order valence-electron chi connectivity index (χ4n) is 3.57. The van der Waals surface area contributed by atoms with Crippen LogP contribution in [0.25, 0.3) is 0 Å². The van der Waals surface area contributed by atoms with Crippen LogP contribution in [0, 0.1) is 5.92 Å². The Morgan fingerprint density at radius 2 is 2.17 bits per heavy atom. The maximum Gasteiger partial charge on any atom is 0.225 e. The van der Waals surface area contributed by atoms with Crippen LogP contribution in [0.5, 0.6) is 0 Å². The first-order valence-electron chi connectivity index (χ1n) is 8.97. The van der Waals surface area contributed by atoms with Crippen molar-refractivity contribution in [3.8, 4) is 0 Å². The molecule has 1 aromatic heterocycles. The number of likely N-dealkylation sites (tertiary alicyclic amines) is 1. The first-order chi connectivity index (χ1) is 11.6. The Labute approximate surface area is 148 Å². The molecule has 2 amide bonds. The molecule has 2 atom stereocenters. The number of carbonyl (C=O) groups excluding carboxylic acids is 2. The third-order valence-corrected chi connectivity index (χ3v) is 5.87. The first-order valence-corrected chi connectivity index (χ1v) is 9.91. The molecule has 1 saturated carbocycles. The molecule has 0 bridgehead atoms. The van der Waals surface area contributed by atoms with Crippen molar-refractivity contribution in [3.05, 3.63) is 22.4 Å². The van der Waals surface area contributed by atoms with Gasteiger partial charge in [-0.15, -0.1) is 0 Å². The van der Waals surface area contributed by atoms with Crippen LogP contribution in [0.3, 0.4) is 0 Å². The summed E-state index contributed by atoms with van der Waals surface area (Å²) in [5.41, 5.74) is 1.26. The van der Waals surface area contributed by atoms with Gasteiger partial charge in [-0.3, -0.25) is 14.5 Å². The molecule has 3 rings (SSSR count). The van der Waals surface area contributed by atoms with Crippen molar-refractivity contribution >= 4 is 23.2 Å². The van der Waals surface area contributed by atoms with Crippen molar-refractivity contribution in [1.29, 1.82) is 0 Å². The van der Waals surface area contributed by atoms with Crippen molar-refractivity contribution in [3.63, 3.8) is 0 Å². The van der Waals surface area contributed by atoms with E-state index in [4.69, 9.17) is 0 Å². The molecular weight excluding hydrogens is 322 g/mol. The highest BCUT2D eigenvalue weighted by molar-refractivity contribution is 7.07. The molecule has 5 nitrogen and oxygen atoms in total. The van der Waals surface area contributed by atoms with E-state index < -0.39 is 0 Å². The Balaban J connectivity index is 1.58. The van der Waals surface area contributed by atoms with Gasteiger partial charge >= 0.3 is 0 Å². The SMILES string of the molecule is CCN(CC)[C@@H](CNC(=O)[C@H]1CC(=O)N(C2CC2)C1)c1ccsc1. The molecule has 132 valence electrons. The molecule has 2 aliphatic rings. The monoisotopic (exact) mass is 349 g/mol. The second-order valence-electron chi connectivity index (χ2n) is 6.72. The Morgan fingerprint density at radius 3 is 2.75 bits per heavy atom. The number of rotatable bonds is 8. The Bertz CT molecular complexity index is 567. The molecule has 2 heterocycles. The number of thiophene rings is 1. The highest BCUT2D eigenvalue weighted by Crippen LogP contribution is 2.32. The van der Waals surface area contributed by atoms with Gasteiger partial charge in [-0.05, 0) is 48.3 Å². The van der Waals surface area contributed by atoms with Crippen molar-refractivity contribution in [2.75, 3.05) is 26.2 Å². The molecule has 1 aromatic rings. The number of nitrogens with zero attached hydrogens (tertiary/aromatic N) is 2. The lowest BCUT2D eigenvalue weighted by Gasteiger charge is -2.29. The number of amides is 2. The van der Waals surface area contributed by atoms with Gasteiger partial charge in [0.15, 0.2) is 0 Å². The highest BCUT2D eigenvalue weighted by Gasteiger charge is 2.41. The van der Waals surface area contributed by atoms with E-state index in [0.717, 1.165) is 25.9 Å². The Morgan fingerprint density at radius 1 is 1.42 bits per heavy atom. The van der Waals surface area contributed by atoms with Crippen molar-refractivity contribution < 1.29 is 9.59 Å². The number of nitrogens with one attached hydrogen (secondary N) is 1. The van der Waals surface area contributed by atoms with Crippen LogP contribution in [-0.2, 0) is 9.59 Å². The molecule has 1 aliphatic carbocycles. The van der Waals surface area contributed by atoms with Crippen LogP contribution in [-0.4, -0.2) is 53.8 Å². The number of carbonyl (C=O) groups is 2. The minimum absolute atomic E-state index is 0.0267. The van der Waals surface area contributed by atoms with Crippen molar-refractivity contribution in [2.45, 2.75) is 45.2 Å². The predicted molar refractivity (Wildman–Crippen MR) is 95.8 cm³/mol. The largest absolute Gasteiger partial charge is 0.354 e. The van der Waals surface area contributed by atoms with E-state index in [1.165, 1.54) is 5.56 Å². The van der Waals surface area contributed by atoms with Crippen LogP contribution in [0.4, 0.5) is 0 Å². The summed E-state index contributed by atoms with van der Waals surface area (Å²) in [6.07, 6.45) is 2.57. The number of likely N-dealkylation sites (N-methyl/N-ethyl adjacent to an activating group) is 1. The molecular formula is C18H27N3O2S. The summed E-state index contributed by atoms with van der Waals surface area (Å²) < 4.78 is 0. The van der Waals surface area contributed by atoms with Crippen LogP contribution in [0.1, 0.15) is 44.7 Å². The van der Waals surface area contributed by atoms with E-state index in [2.05, 4.69) is 40.9 Å². The maximum absolute atomic E-state index is 12.5. The lowest BCUT2D eigenvalue weighted by molar-refractivity contribution is -0.129. The van der Waals surface area contributed by atoms with Crippen molar-refractivity contribution in [2.24, 2.45) is 5.92 Å². The molecule has 24 heavy (non-hydrogen) atoms. The van der Waals surface area contributed by atoms with Gasteiger partial charge in [-0.2, -0.15) is 11.3 Å². The lowest BCUT2D eigenvalue weighted by atomic mass is 10.1. The third kappa shape index (κ3) is 3.81. The average Bonchev–Trinajstić information content (AvgIpc) is 3.13. The lowest BCUT2D eigenvalue weighted by Crippen LogP contribution is -2.40. The minimum Gasteiger partial charge on any atom is -0.354 e. The minimum atomic E-state index is -0.182. The molecule has 1 saturated heterocycles. The van der Waals surface area contributed by atoms with E-state index >= 15 is 0 Å². The topological polar surface area (TPSA) is 52.7 Å². The summed E-state index contributed by atoms with van der Waals surface area (Å²) >= 11 is 1.69.